The van der Waals surface area contributed by atoms with Crippen LogP contribution < -0.4 is 10.6 Å². The van der Waals surface area contributed by atoms with E-state index in [0.717, 1.165) is 19.5 Å². The molecule has 0 radical (unpaired) electrons. The van der Waals surface area contributed by atoms with Crippen molar-refractivity contribution in [2.24, 2.45) is 5.92 Å². The Kier molecular flexibility index (Phi) is 5.34. The molecule has 1 atom stereocenters. The van der Waals surface area contributed by atoms with Crippen LogP contribution in [-0.2, 0) is 0 Å². The Morgan fingerprint density at radius 3 is 3.05 bits per heavy atom. The lowest BCUT2D eigenvalue weighted by Gasteiger charge is -2.22. The molecule has 3 nitrogen and oxygen atoms in total. The number of piperidine rings is 1. The van der Waals surface area contributed by atoms with Gasteiger partial charge in [0.1, 0.15) is 5.82 Å². The molecule has 1 aromatic carbocycles. The minimum Gasteiger partial charge on any atom is -0.352 e. The summed E-state index contributed by atoms with van der Waals surface area (Å²) in [4.78, 5) is 11.9. The van der Waals surface area contributed by atoms with Gasteiger partial charge in [0.2, 0.25) is 0 Å². The second kappa shape index (κ2) is 7.01. The summed E-state index contributed by atoms with van der Waals surface area (Å²) in [6.07, 6.45) is 3.43. The summed E-state index contributed by atoms with van der Waals surface area (Å²) in [6, 6.07) is 4.30. The van der Waals surface area contributed by atoms with Crippen LogP contribution >= 0.6 is 15.9 Å². The van der Waals surface area contributed by atoms with Crippen molar-refractivity contribution >= 4 is 21.8 Å². The maximum absolute atomic E-state index is 13.1. The van der Waals surface area contributed by atoms with Gasteiger partial charge >= 0.3 is 0 Å². The van der Waals surface area contributed by atoms with E-state index in [2.05, 4.69) is 26.6 Å². The van der Waals surface area contributed by atoms with Crippen LogP contribution in [0, 0.1) is 11.7 Å². The van der Waals surface area contributed by atoms with Gasteiger partial charge in [0.15, 0.2) is 0 Å². The number of carbonyl (C=O) groups excluding carboxylic acids is 1. The third kappa shape index (κ3) is 4.28. The first-order chi connectivity index (χ1) is 9.16. The fraction of sp³-hybridized carbons (Fsp3) is 0.500. The van der Waals surface area contributed by atoms with Crippen molar-refractivity contribution in [2.45, 2.75) is 19.3 Å². The maximum atomic E-state index is 13.1. The third-order valence-electron chi connectivity index (χ3n) is 3.42. The summed E-state index contributed by atoms with van der Waals surface area (Å²) in [5, 5.41) is 6.24. The summed E-state index contributed by atoms with van der Waals surface area (Å²) in [5.41, 5.74) is 0.482. The zero-order valence-electron chi connectivity index (χ0n) is 10.7. The smallest absolute Gasteiger partial charge is 0.251 e. The monoisotopic (exact) mass is 328 g/mol. The molecule has 0 bridgehead atoms. The average molecular weight is 329 g/mol. The lowest BCUT2D eigenvalue weighted by Crippen LogP contribution is -2.33. The lowest BCUT2D eigenvalue weighted by molar-refractivity contribution is 0.0950. The van der Waals surface area contributed by atoms with Gasteiger partial charge in [-0.1, -0.05) is 0 Å². The van der Waals surface area contributed by atoms with E-state index in [0.29, 0.717) is 22.5 Å². The van der Waals surface area contributed by atoms with Gasteiger partial charge in [-0.15, -0.1) is 0 Å². The molecule has 1 unspecified atom stereocenters. The molecule has 1 heterocycles. The Morgan fingerprint density at radius 1 is 1.53 bits per heavy atom. The Labute approximate surface area is 121 Å². The Hall–Kier alpha value is -0.940. The van der Waals surface area contributed by atoms with Crippen molar-refractivity contribution in [3.05, 3.63) is 34.1 Å². The van der Waals surface area contributed by atoms with Gasteiger partial charge in [0.25, 0.3) is 5.91 Å². The number of rotatable bonds is 4. The summed E-state index contributed by atoms with van der Waals surface area (Å²) in [7, 11) is 0. The highest BCUT2D eigenvalue weighted by Crippen LogP contribution is 2.17. The first-order valence-electron chi connectivity index (χ1n) is 6.61. The molecule has 0 saturated carbocycles. The molecule has 1 fully saturated rings. The highest BCUT2D eigenvalue weighted by molar-refractivity contribution is 9.10. The molecule has 1 amide bonds. The first-order valence-corrected chi connectivity index (χ1v) is 7.40. The van der Waals surface area contributed by atoms with Crippen molar-refractivity contribution < 1.29 is 9.18 Å². The SMILES string of the molecule is O=C(NCCC1CCCNC1)c1ccc(F)c(Br)c1. The largest absolute Gasteiger partial charge is 0.352 e. The predicted octanol–water partition coefficient (Wildman–Crippen LogP) is 2.71. The van der Waals surface area contributed by atoms with Gasteiger partial charge in [-0.2, -0.15) is 0 Å². The first kappa shape index (κ1) is 14.5. The number of nitrogens with one attached hydrogen (secondary N) is 2. The average Bonchev–Trinajstić information content (AvgIpc) is 2.43. The van der Waals surface area contributed by atoms with E-state index in [1.807, 2.05) is 0 Å². The molecule has 1 aliphatic heterocycles. The van der Waals surface area contributed by atoms with E-state index in [1.54, 1.807) is 0 Å². The number of amides is 1. The number of hydrogen-bond donors (Lipinski definition) is 2. The van der Waals surface area contributed by atoms with E-state index in [-0.39, 0.29) is 11.7 Å². The molecular formula is C14H18BrFN2O. The summed E-state index contributed by atoms with van der Waals surface area (Å²) in [6.45, 7) is 2.81. The van der Waals surface area contributed by atoms with E-state index in [9.17, 15) is 9.18 Å². The quantitative estimate of drug-likeness (QED) is 0.892. The second-order valence-corrected chi connectivity index (χ2v) is 5.74. The van der Waals surface area contributed by atoms with Crippen molar-refractivity contribution in [3.63, 3.8) is 0 Å². The summed E-state index contributed by atoms with van der Waals surface area (Å²) < 4.78 is 13.4. The van der Waals surface area contributed by atoms with Crippen LogP contribution in [0.4, 0.5) is 4.39 Å². The maximum Gasteiger partial charge on any atom is 0.251 e. The predicted molar refractivity (Wildman–Crippen MR) is 76.6 cm³/mol. The topological polar surface area (TPSA) is 41.1 Å². The van der Waals surface area contributed by atoms with Gasteiger partial charge in [-0.3, -0.25) is 4.79 Å². The van der Waals surface area contributed by atoms with Crippen LogP contribution in [-0.4, -0.2) is 25.5 Å². The van der Waals surface area contributed by atoms with Crippen LogP contribution in [0.5, 0.6) is 0 Å². The van der Waals surface area contributed by atoms with Crippen molar-refractivity contribution in [1.82, 2.24) is 10.6 Å². The van der Waals surface area contributed by atoms with Crippen molar-refractivity contribution in [2.75, 3.05) is 19.6 Å². The highest BCUT2D eigenvalue weighted by Gasteiger charge is 2.13. The summed E-state index contributed by atoms with van der Waals surface area (Å²) in [5.74, 6) is 0.142. The molecule has 0 aliphatic carbocycles. The summed E-state index contributed by atoms with van der Waals surface area (Å²) >= 11 is 3.08. The zero-order valence-corrected chi connectivity index (χ0v) is 12.3. The van der Waals surface area contributed by atoms with Crippen LogP contribution in [0.1, 0.15) is 29.6 Å². The van der Waals surface area contributed by atoms with Crippen LogP contribution in [0.3, 0.4) is 0 Å². The molecule has 19 heavy (non-hydrogen) atoms. The van der Waals surface area contributed by atoms with E-state index in [4.69, 9.17) is 0 Å². The number of carbonyl (C=O) groups is 1. The number of halogens is 2. The molecule has 1 aromatic rings. The highest BCUT2D eigenvalue weighted by atomic mass is 79.9. The molecule has 0 spiro atoms. The molecule has 2 N–H and O–H groups in total. The van der Waals surface area contributed by atoms with Crippen LogP contribution in [0.2, 0.25) is 0 Å². The second-order valence-electron chi connectivity index (χ2n) is 4.89. The van der Waals surface area contributed by atoms with Crippen LogP contribution in [0.25, 0.3) is 0 Å². The Bertz CT molecular complexity index is 447. The molecule has 1 saturated heterocycles. The molecule has 1 aliphatic rings. The third-order valence-corrected chi connectivity index (χ3v) is 4.03. The zero-order chi connectivity index (χ0) is 13.7. The number of hydrogen-bond acceptors (Lipinski definition) is 2. The van der Waals surface area contributed by atoms with E-state index >= 15 is 0 Å². The molecule has 0 aromatic heterocycles. The standard InChI is InChI=1S/C14H18BrFN2O/c15-12-8-11(3-4-13(12)16)14(19)18-7-5-10-2-1-6-17-9-10/h3-4,8,10,17H,1-2,5-7,9H2,(H,18,19). The fourth-order valence-corrected chi connectivity index (χ4v) is 2.68. The van der Waals surface area contributed by atoms with Crippen molar-refractivity contribution in [3.8, 4) is 0 Å². The Morgan fingerprint density at radius 2 is 2.37 bits per heavy atom. The van der Waals surface area contributed by atoms with Gasteiger partial charge in [-0.25, -0.2) is 4.39 Å². The fourth-order valence-electron chi connectivity index (χ4n) is 2.30. The minimum absolute atomic E-state index is 0.149. The van der Waals surface area contributed by atoms with Gasteiger partial charge < -0.3 is 10.6 Å². The van der Waals surface area contributed by atoms with Gasteiger partial charge in [0.05, 0.1) is 4.47 Å². The Balaban J connectivity index is 1.78. The normalized spacial score (nSPS) is 19.2. The molecule has 5 heteroatoms. The lowest BCUT2D eigenvalue weighted by atomic mass is 9.96. The van der Waals surface area contributed by atoms with Gasteiger partial charge in [-0.05, 0) is 72.4 Å². The van der Waals surface area contributed by atoms with Gasteiger partial charge in [0, 0.05) is 12.1 Å². The van der Waals surface area contributed by atoms with E-state index < -0.39 is 0 Å². The minimum atomic E-state index is -0.357. The van der Waals surface area contributed by atoms with Crippen molar-refractivity contribution in [1.29, 1.82) is 0 Å². The van der Waals surface area contributed by atoms with E-state index in [1.165, 1.54) is 31.0 Å². The molecule has 2 rings (SSSR count). The number of benzene rings is 1. The molecular weight excluding hydrogens is 311 g/mol. The molecule has 104 valence electrons. The van der Waals surface area contributed by atoms with Crippen LogP contribution in [0.15, 0.2) is 22.7 Å².